The molecule has 6 heteroatoms. The smallest absolute Gasteiger partial charge is 0.197 e. The van der Waals surface area contributed by atoms with E-state index in [1.54, 1.807) is 18.5 Å². The maximum absolute atomic E-state index is 12.6. The molecule has 0 aromatic carbocycles. The number of likely N-dealkylation sites (N-methyl/N-ethyl adjacent to an activating group) is 1. The zero-order valence-corrected chi connectivity index (χ0v) is 12.9. The van der Waals surface area contributed by atoms with Crippen LogP contribution in [0.3, 0.4) is 0 Å². The number of aromatic nitrogens is 2. The largest absolute Gasteiger partial charge is 0.399 e. The monoisotopic (exact) mass is 298 g/mol. The van der Waals surface area contributed by atoms with Gasteiger partial charge in [0.2, 0.25) is 0 Å². The Kier molecular flexibility index (Phi) is 3.77. The second-order valence-corrected chi connectivity index (χ2v) is 5.50. The van der Waals surface area contributed by atoms with Gasteiger partial charge in [0, 0.05) is 54.6 Å². The minimum Gasteiger partial charge on any atom is -0.399 e. The number of hydrogen-bond acceptors (Lipinski definition) is 5. The van der Waals surface area contributed by atoms with E-state index in [-0.39, 0.29) is 5.78 Å². The molecule has 0 radical (unpaired) electrons. The van der Waals surface area contributed by atoms with Crippen molar-refractivity contribution in [2.45, 2.75) is 6.54 Å². The van der Waals surface area contributed by atoms with Crippen molar-refractivity contribution in [3.8, 4) is 0 Å². The number of carbonyl (C=O) groups is 1. The van der Waals surface area contributed by atoms with E-state index in [1.165, 1.54) is 7.11 Å². The van der Waals surface area contributed by atoms with Gasteiger partial charge in [0.1, 0.15) is 12.8 Å². The lowest BCUT2D eigenvalue weighted by Crippen LogP contribution is -2.20. The molecular weight excluding hydrogens is 280 g/mol. The summed E-state index contributed by atoms with van der Waals surface area (Å²) in [6, 6.07) is 1.80. The second kappa shape index (κ2) is 5.73. The van der Waals surface area contributed by atoms with Gasteiger partial charge in [-0.05, 0) is 20.2 Å². The number of fused-ring (bicyclic) bond motifs is 2. The lowest BCUT2D eigenvalue weighted by Gasteiger charge is -2.15. The van der Waals surface area contributed by atoms with Crippen LogP contribution in [0, 0.1) is 0 Å². The maximum atomic E-state index is 12.6. The molecular formula is C16H18N4O2. The molecule has 0 fully saturated rings. The first-order valence-electron chi connectivity index (χ1n) is 7.07. The van der Waals surface area contributed by atoms with Crippen molar-refractivity contribution in [1.82, 2.24) is 14.5 Å². The Morgan fingerprint density at radius 3 is 2.73 bits per heavy atom. The Hall–Kier alpha value is -2.47. The van der Waals surface area contributed by atoms with Crippen molar-refractivity contribution >= 4 is 11.5 Å². The van der Waals surface area contributed by atoms with Gasteiger partial charge >= 0.3 is 0 Å². The van der Waals surface area contributed by atoms with E-state index < -0.39 is 0 Å². The number of nitrogens with zero attached hydrogens (tertiary/aromatic N) is 4. The van der Waals surface area contributed by atoms with Crippen LogP contribution in [0.15, 0.2) is 36.0 Å². The number of hydrogen-bond donors (Lipinski definition) is 0. The van der Waals surface area contributed by atoms with Crippen LogP contribution in [-0.2, 0) is 11.4 Å². The zero-order valence-electron chi connectivity index (χ0n) is 12.9. The van der Waals surface area contributed by atoms with Crippen LogP contribution < -0.4 is 0 Å². The molecule has 0 amide bonds. The molecule has 114 valence electrons. The summed E-state index contributed by atoms with van der Waals surface area (Å²) in [6.45, 7) is 1.70. The van der Waals surface area contributed by atoms with Gasteiger partial charge in [-0.15, -0.1) is 0 Å². The third kappa shape index (κ3) is 2.42. The molecule has 0 spiro atoms. The van der Waals surface area contributed by atoms with Crippen molar-refractivity contribution in [3.05, 3.63) is 53.1 Å². The third-order valence-corrected chi connectivity index (χ3v) is 3.69. The summed E-state index contributed by atoms with van der Waals surface area (Å²) in [5.41, 5.74) is 3.47. The zero-order chi connectivity index (χ0) is 15.7. The van der Waals surface area contributed by atoms with Gasteiger partial charge in [-0.1, -0.05) is 5.16 Å². The molecule has 2 heterocycles. The summed E-state index contributed by atoms with van der Waals surface area (Å²) in [7, 11) is 5.55. The fraction of sp³-hybridized carbons (Fsp3) is 0.312. The summed E-state index contributed by atoms with van der Waals surface area (Å²) in [4.78, 5) is 23.8. The Morgan fingerprint density at radius 1 is 1.23 bits per heavy atom. The average molecular weight is 298 g/mol. The van der Waals surface area contributed by atoms with Gasteiger partial charge < -0.3 is 14.3 Å². The minimum absolute atomic E-state index is 0.0169. The SMILES string of the molecule is CO/N=C1/c2ccncc2C(=O)c2cn(CCN(C)C)cc21. The first-order chi connectivity index (χ1) is 10.6. The highest BCUT2D eigenvalue weighted by Gasteiger charge is 2.30. The molecule has 0 bridgehead atoms. The number of oxime groups is 1. The molecule has 22 heavy (non-hydrogen) atoms. The van der Waals surface area contributed by atoms with E-state index in [1.807, 2.05) is 31.1 Å². The minimum atomic E-state index is -0.0169. The van der Waals surface area contributed by atoms with Gasteiger partial charge in [0.25, 0.3) is 0 Å². The number of pyridine rings is 1. The van der Waals surface area contributed by atoms with Crippen LogP contribution in [0.5, 0.6) is 0 Å². The van der Waals surface area contributed by atoms with Crippen molar-refractivity contribution in [1.29, 1.82) is 0 Å². The Labute approximate surface area is 129 Å². The standard InChI is InChI=1S/C16H18N4O2/c1-19(2)6-7-20-9-13-14(10-20)16(21)12-8-17-5-4-11(12)15(13)18-22-3/h4-5,8-10H,6-7H2,1-3H3/b18-15-. The van der Waals surface area contributed by atoms with Crippen LogP contribution in [0.4, 0.5) is 0 Å². The van der Waals surface area contributed by atoms with E-state index in [9.17, 15) is 4.79 Å². The van der Waals surface area contributed by atoms with Crippen LogP contribution in [-0.4, -0.2) is 53.7 Å². The van der Waals surface area contributed by atoms with Crippen LogP contribution in [0.2, 0.25) is 0 Å². The number of ketones is 1. The highest BCUT2D eigenvalue weighted by Crippen LogP contribution is 2.28. The van der Waals surface area contributed by atoms with E-state index in [4.69, 9.17) is 4.84 Å². The first kappa shape index (κ1) is 14.5. The van der Waals surface area contributed by atoms with E-state index in [0.29, 0.717) is 16.8 Å². The van der Waals surface area contributed by atoms with Crippen molar-refractivity contribution in [3.63, 3.8) is 0 Å². The first-order valence-corrected chi connectivity index (χ1v) is 7.07. The quantitative estimate of drug-likeness (QED) is 0.683. The summed E-state index contributed by atoms with van der Waals surface area (Å²) in [5.74, 6) is -0.0169. The molecule has 0 saturated heterocycles. The van der Waals surface area contributed by atoms with Crippen LogP contribution in [0.1, 0.15) is 27.0 Å². The average Bonchev–Trinajstić information content (AvgIpc) is 2.94. The maximum Gasteiger partial charge on any atom is 0.197 e. The van der Waals surface area contributed by atoms with Gasteiger partial charge in [0.05, 0.1) is 5.56 Å². The fourth-order valence-corrected chi connectivity index (χ4v) is 2.58. The molecule has 2 aromatic rings. The Bertz CT molecular complexity index is 746. The predicted molar refractivity (Wildman–Crippen MR) is 83.3 cm³/mol. The fourth-order valence-electron chi connectivity index (χ4n) is 2.58. The molecule has 0 atom stereocenters. The summed E-state index contributed by atoms with van der Waals surface area (Å²) in [6.07, 6.45) is 7.08. The molecule has 0 aliphatic heterocycles. The lowest BCUT2D eigenvalue weighted by molar-refractivity contribution is 0.103. The van der Waals surface area contributed by atoms with Gasteiger partial charge in [0.15, 0.2) is 5.78 Å². The van der Waals surface area contributed by atoms with Crippen molar-refractivity contribution in [2.24, 2.45) is 5.16 Å². The van der Waals surface area contributed by atoms with E-state index >= 15 is 0 Å². The third-order valence-electron chi connectivity index (χ3n) is 3.69. The molecule has 2 aromatic heterocycles. The second-order valence-electron chi connectivity index (χ2n) is 5.50. The number of carbonyl (C=O) groups excluding carboxylic acids is 1. The predicted octanol–water partition coefficient (Wildman–Crippen LogP) is 1.39. The lowest BCUT2D eigenvalue weighted by atomic mass is 9.87. The van der Waals surface area contributed by atoms with E-state index in [2.05, 4.69) is 15.0 Å². The molecule has 0 unspecified atom stereocenters. The van der Waals surface area contributed by atoms with Crippen LogP contribution >= 0.6 is 0 Å². The molecule has 0 N–H and O–H groups in total. The Morgan fingerprint density at radius 2 is 2.00 bits per heavy atom. The van der Waals surface area contributed by atoms with Crippen molar-refractivity contribution < 1.29 is 9.63 Å². The van der Waals surface area contributed by atoms with Crippen LogP contribution in [0.25, 0.3) is 0 Å². The van der Waals surface area contributed by atoms with E-state index in [0.717, 1.165) is 24.2 Å². The van der Waals surface area contributed by atoms with Gasteiger partial charge in [-0.2, -0.15) is 0 Å². The molecule has 3 rings (SSSR count). The van der Waals surface area contributed by atoms with Crippen molar-refractivity contribution in [2.75, 3.05) is 27.7 Å². The molecule has 0 saturated carbocycles. The summed E-state index contributed by atoms with van der Waals surface area (Å²) < 4.78 is 2.02. The Balaban J connectivity index is 2.08. The molecule has 1 aliphatic rings. The topological polar surface area (TPSA) is 59.7 Å². The normalized spacial score (nSPS) is 15.1. The van der Waals surface area contributed by atoms with Gasteiger partial charge in [-0.3, -0.25) is 9.78 Å². The summed E-state index contributed by atoms with van der Waals surface area (Å²) in [5, 5.41) is 4.12. The highest BCUT2D eigenvalue weighted by molar-refractivity contribution is 6.29. The van der Waals surface area contributed by atoms with Gasteiger partial charge in [-0.25, -0.2) is 0 Å². The molecule has 6 nitrogen and oxygen atoms in total. The highest BCUT2D eigenvalue weighted by atomic mass is 16.6. The number of rotatable bonds is 4. The summed E-state index contributed by atoms with van der Waals surface area (Å²) >= 11 is 0. The molecule has 1 aliphatic carbocycles.